The van der Waals surface area contributed by atoms with Crippen LogP contribution in [0.25, 0.3) is 10.9 Å². The van der Waals surface area contributed by atoms with Gasteiger partial charge >= 0.3 is 0 Å². The van der Waals surface area contributed by atoms with Crippen LogP contribution in [0.15, 0.2) is 42.5 Å². The number of hydrogen-bond donors (Lipinski definition) is 2. The van der Waals surface area contributed by atoms with Crippen LogP contribution in [0.4, 0.5) is 5.69 Å². The molecule has 2 aliphatic rings. The molecule has 0 spiro atoms. The van der Waals surface area contributed by atoms with Gasteiger partial charge in [0.1, 0.15) is 0 Å². The first-order chi connectivity index (χ1) is 14.7. The number of aromatic nitrogens is 1. The second kappa shape index (κ2) is 8.25. The van der Waals surface area contributed by atoms with Crippen molar-refractivity contribution in [3.05, 3.63) is 64.8 Å². The van der Waals surface area contributed by atoms with E-state index in [4.69, 9.17) is 4.74 Å². The molecule has 1 fully saturated rings. The van der Waals surface area contributed by atoms with Crippen molar-refractivity contribution in [1.29, 1.82) is 0 Å². The molecule has 156 valence electrons. The van der Waals surface area contributed by atoms with Crippen LogP contribution in [-0.2, 0) is 24.1 Å². The molecule has 1 aromatic heterocycles. The van der Waals surface area contributed by atoms with Crippen molar-refractivity contribution >= 4 is 22.5 Å². The lowest BCUT2D eigenvalue weighted by atomic mass is 9.87. The van der Waals surface area contributed by atoms with Crippen molar-refractivity contribution in [1.82, 2.24) is 9.88 Å². The molecule has 0 bridgehead atoms. The average molecular weight is 404 g/mol. The van der Waals surface area contributed by atoms with Crippen LogP contribution in [0.5, 0.6) is 0 Å². The summed E-state index contributed by atoms with van der Waals surface area (Å²) < 4.78 is 5.46. The van der Waals surface area contributed by atoms with Crippen LogP contribution in [0.1, 0.15) is 40.5 Å². The zero-order chi connectivity index (χ0) is 20.5. The van der Waals surface area contributed by atoms with Crippen molar-refractivity contribution in [3.63, 3.8) is 0 Å². The van der Waals surface area contributed by atoms with Crippen LogP contribution in [0.3, 0.4) is 0 Å². The lowest BCUT2D eigenvalue weighted by molar-refractivity contribution is 0.0342. The highest BCUT2D eigenvalue weighted by molar-refractivity contribution is 6.12. The number of nitrogens with zero attached hydrogens (tertiary/aromatic N) is 1. The molecule has 0 radical (unpaired) electrons. The van der Waals surface area contributed by atoms with Crippen LogP contribution in [0, 0.1) is 5.92 Å². The van der Waals surface area contributed by atoms with Crippen molar-refractivity contribution in [2.45, 2.75) is 32.7 Å². The first-order valence-corrected chi connectivity index (χ1v) is 11.0. The molecule has 1 saturated heterocycles. The number of aryl methyl sites for hydroxylation is 1. The Hall–Kier alpha value is -2.63. The minimum Gasteiger partial charge on any atom is -0.379 e. The number of rotatable bonds is 4. The number of aromatic amines is 1. The summed E-state index contributed by atoms with van der Waals surface area (Å²) in [5.41, 5.74) is 6.41. The number of benzene rings is 2. The van der Waals surface area contributed by atoms with Gasteiger partial charge in [-0.3, -0.25) is 9.69 Å². The highest BCUT2D eigenvalue weighted by Crippen LogP contribution is 2.33. The Balaban J connectivity index is 1.42. The van der Waals surface area contributed by atoms with E-state index in [0.717, 1.165) is 68.0 Å². The van der Waals surface area contributed by atoms with Gasteiger partial charge < -0.3 is 15.0 Å². The van der Waals surface area contributed by atoms with E-state index in [1.807, 2.05) is 30.3 Å². The van der Waals surface area contributed by atoms with Crippen LogP contribution < -0.4 is 5.32 Å². The SMILES string of the molecule is CC1CCc2[nH]c3c(C(=O)Nc4ccccc4CN4CCOCC4)cccc3c2C1. The smallest absolute Gasteiger partial charge is 0.257 e. The number of anilines is 1. The van der Waals surface area contributed by atoms with E-state index in [2.05, 4.69) is 34.3 Å². The third kappa shape index (κ3) is 3.75. The van der Waals surface area contributed by atoms with Gasteiger partial charge in [-0.2, -0.15) is 0 Å². The normalized spacial score (nSPS) is 19.6. The molecule has 1 amide bonds. The maximum Gasteiger partial charge on any atom is 0.257 e. The molecule has 3 aromatic rings. The lowest BCUT2D eigenvalue weighted by Crippen LogP contribution is -2.35. The number of carbonyl (C=O) groups is 1. The highest BCUT2D eigenvalue weighted by atomic mass is 16.5. The second-order valence-corrected chi connectivity index (χ2v) is 8.66. The number of para-hydroxylation sites is 2. The molecule has 5 heteroatoms. The van der Waals surface area contributed by atoms with Crippen LogP contribution in [-0.4, -0.2) is 42.1 Å². The number of morpholine rings is 1. The number of amides is 1. The Bertz CT molecular complexity index is 1070. The van der Waals surface area contributed by atoms with E-state index < -0.39 is 0 Å². The largest absolute Gasteiger partial charge is 0.379 e. The van der Waals surface area contributed by atoms with Gasteiger partial charge in [0.05, 0.1) is 24.3 Å². The molecular weight excluding hydrogens is 374 g/mol. The van der Waals surface area contributed by atoms with Crippen LogP contribution >= 0.6 is 0 Å². The summed E-state index contributed by atoms with van der Waals surface area (Å²) in [7, 11) is 0. The summed E-state index contributed by atoms with van der Waals surface area (Å²) in [4.78, 5) is 19.2. The van der Waals surface area contributed by atoms with Gasteiger partial charge in [0.2, 0.25) is 0 Å². The Morgan fingerprint density at radius 1 is 1.17 bits per heavy atom. The Morgan fingerprint density at radius 3 is 2.87 bits per heavy atom. The molecule has 1 atom stereocenters. The summed E-state index contributed by atoms with van der Waals surface area (Å²) in [5, 5.41) is 4.38. The Labute approximate surface area is 177 Å². The second-order valence-electron chi connectivity index (χ2n) is 8.66. The average Bonchev–Trinajstić information content (AvgIpc) is 3.14. The van der Waals surface area contributed by atoms with Crippen LogP contribution in [0.2, 0.25) is 0 Å². The third-order valence-electron chi connectivity index (χ3n) is 6.48. The number of hydrogen-bond acceptors (Lipinski definition) is 3. The quantitative estimate of drug-likeness (QED) is 0.680. The minimum absolute atomic E-state index is 0.0540. The topological polar surface area (TPSA) is 57.4 Å². The standard InChI is InChI=1S/C25H29N3O2/c1-17-9-10-23-21(15-17)19-6-4-7-20(24(19)26-23)25(29)27-22-8-3-2-5-18(22)16-28-11-13-30-14-12-28/h2-8,17,26H,9-16H2,1H3,(H,27,29). The molecular formula is C25H29N3O2. The van der Waals surface area contributed by atoms with Gasteiger partial charge in [-0.05, 0) is 48.4 Å². The maximum absolute atomic E-state index is 13.3. The summed E-state index contributed by atoms with van der Waals surface area (Å²) in [6, 6.07) is 14.2. The number of nitrogens with one attached hydrogen (secondary N) is 2. The predicted molar refractivity (Wildman–Crippen MR) is 120 cm³/mol. The number of ether oxygens (including phenoxy) is 1. The van der Waals surface area contributed by atoms with Gasteiger partial charge in [-0.15, -0.1) is 0 Å². The third-order valence-corrected chi connectivity index (χ3v) is 6.48. The molecule has 30 heavy (non-hydrogen) atoms. The molecule has 2 N–H and O–H groups in total. The van der Waals surface area contributed by atoms with Gasteiger partial charge in [0.25, 0.3) is 5.91 Å². The van der Waals surface area contributed by atoms with Crippen molar-refractivity contribution < 1.29 is 9.53 Å². The van der Waals surface area contributed by atoms with E-state index in [1.54, 1.807) is 0 Å². The fourth-order valence-corrected chi connectivity index (χ4v) is 4.77. The van der Waals surface area contributed by atoms with E-state index in [9.17, 15) is 4.79 Å². The first-order valence-electron chi connectivity index (χ1n) is 11.0. The zero-order valence-corrected chi connectivity index (χ0v) is 17.5. The maximum atomic E-state index is 13.3. The summed E-state index contributed by atoms with van der Waals surface area (Å²) in [6.07, 6.45) is 3.35. The molecule has 5 nitrogen and oxygen atoms in total. The molecule has 1 aliphatic heterocycles. The van der Waals surface area contributed by atoms with Gasteiger partial charge in [0, 0.05) is 36.4 Å². The van der Waals surface area contributed by atoms with Crippen molar-refractivity contribution in [2.24, 2.45) is 5.92 Å². The molecule has 1 unspecified atom stereocenters. The van der Waals surface area contributed by atoms with E-state index in [1.165, 1.54) is 23.1 Å². The first kappa shape index (κ1) is 19.3. The predicted octanol–water partition coefficient (Wildman–Crippen LogP) is 4.38. The summed E-state index contributed by atoms with van der Waals surface area (Å²) in [6.45, 7) is 6.52. The Morgan fingerprint density at radius 2 is 2.00 bits per heavy atom. The summed E-state index contributed by atoms with van der Waals surface area (Å²) in [5.74, 6) is 0.641. The molecule has 2 heterocycles. The van der Waals surface area contributed by atoms with Gasteiger partial charge in [-0.25, -0.2) is 0 Å². The van der Waals surface area contributed by atoms with E-state index in [-0.39, 0.29) is 5.91 Å². The zero-order valence-electron chi connectivity index (χ0n) is 17.5. The molecule has 5 rings (SSSR count). The number of H-pyrrole nitrogens is 1. The molecule has 0 saturated carbocycles. The highest BCUT2D eigenvalue weighted by Gasteiger charge is 2.22. The molecule has 2 aromatic carbocycles. The number of carbonyl (C=O) groups excluding carboxylic acids is 1. The number of fused-ring (bicyclic) bond motifs is 3. The Kier molecular flexibility index (Phi) is 5.32. The summed E-state index contributed by atoms with van der Waals surface area (Å²) >= 11 is 0. The molecule has 1 aliphatic carbocycles. The fraction of sp³-hybridized carbons (Fsp3) is 0.400. The van der Waals surface area contributed by atoms with Crippen molar-refractivity contribution in [3.8, 4) is 0 Å². The fourth-order valence-electron chi connectivity index (χ4n) is 4.77. The minimum atomic E-state index is -0.0540. The lowest BCUT2D eigenvalue weighted by Gasteiger charge is -2.27. The van der Waals surface area contributed by atoms with Gasteiger partial charge in [-0.1, -0.05) is 37.3 Å². The van der Waals surface area contributed by atoms with E-state index >= 15 is 0 Å². The van der Waals surface area contributed by atoms with E-state index in [0.29, 0.717) is 5.92 Å². The van der Waals surface area contributed by atoms with Gasteiger partial charge in [0.15, 0.2) is 0 Å². The van der Waals surface area contributed by atoms with Crippen molar-refractivity contribution in [2.75, 3.05) is 31.6 Å². The monoisotopic (exact) mass is 403 g/mol.